The fourth-order valence-corrected chi connectivity index (χ4v) is 1.93. The first-order valence-corrected chi connectivity index (χ1v) is 7.31. The Kier molecular flexibility index (Phi) is 9.81. The van der Waals surface area contributed by atoms with E-state index in [0.717, 1.165) is 11.3 Å². The zero-order valence-electron chi connectivity index (χ0n) is 13.6. The number of aliphatic hydroxyl groups excluding tert-OH is 1. The molecule has 1 aromatic rings. The van der Waals surface area contributed by atoms with E-state index in [1.165, 1.54) is 0 Å². The van der Waals surface area contributed by atoms with E-state index >= 15 is 0 Å². The van der Waals surface area contributed by atoms with E-state index in [4.69, 9.17) is 4.74 Å². The van der Waals surface area contributed by atoms with Gasteiger partial charge in [-0.3, -0.25) is 4.79 Å². The number of ether oxygens (including phenoxy) is 1. The van der Waals surface area contributed by atoms with Crippen LogP contribution in [-0.2, 0) is 4.79 Å². The van der Waals surface area contributed by atoms with E-state index in [9.17, 15) is 9.90 Å². The summed E-state index contributed by atoms with van der Waals surface area (Å²) >= 11 is 0. The molecule has 0 aliphatic carbocycles. The molecule has 1 rings (SSSR count). The molecule has 5 nitrogen and oxygen atoms in total. The van der Waals surface area contributed by atoms with Crippen LogP contribution < -0.4 is 15.4 Å². The maximum absolute atomic E-state index is 11.8. The van der Waals surface area contributed by atoms with Crippen LogP contribution in [0, 0.1) is 5.92 Å². The second-order valence-electron chi connectivity index (χ2n) is 5.46. The molecule has 0 aromatic heterocycles. The number of hydrogen-bond donors (Lipinski definition) is 3. The highest BCUT2D eigenvalue weighted by Crippen LogP contribution is 2.18. The number of carbonyl (C=O) groups excluding carboxylic acids is 1. The average molecular weight is 331 g/mol. The third-order valence-corrected chi connectivity index (χ3v) is 3.06. The van der Waals surface area contributed by atoms with Crippen LogP contribution in [0.3, 0.4) is 0 Å². The van der Waals surface area contributed by atoms with Crippen LogP contribution in [0.15, 0.2) is 24.3 Å². The van der Waals surface area contributed by atoms with Crippen molar-refractivity contribution in [3.63, 3.8) is 0 Å². The van der Waals surface area contributed by atoms with Crippen LogP contribution in [0.1, 0.15) is 32.4 Å². The zero-order valence-corrected chi connectivity index (χ0v) is 14.4. The monoisotopic (exact) mass is 330 g/mol. The van der Waals surface area contributed by atoms with Gasteiger partial charge in [0.2, 0.25) is 5.91 Å². The summed E-state index contributed by atoms with van der Waals surface area (Å²) in [6.45, 7) is 6.59. The van der Waals surface area contributed by atoms with Gasteiger partial charge in [0, 0.05) is 19.0 Å². The third kappa shape index (κ3) is 7.11. The Balaban J connectivity index is 0.00000441. The summed E-state index contributed by atoms with van der Waals surface area (Å²) in [5.41, 5.74) is 0.757. The number of rotatable bonds is 8. The lowest BCUT2D eigenvalue weighted by molar-refractivity contribution is -0.124. The summed E-state index contributed by atoms with van der Waals surface area (Å²) < 4.78 is 5.55. The van der Waals surface area contributed by atoms with Gasteiger partial charge in [0.25, 0.3) is 0 Å². The molecule has 0 fully saturated rings. The Bertz CT molecular complexity index is 438. The molecule has 1 amide bonds. The zero-order chi connectivity index (χ0) is 15.8. The second-order valence-corrected chi connectivity index (χ2v) is 5.46. The number of hydrogen-bond acceptors (Lipinski definition) is 4. The Hall–Kier alpha value is -1.30. The van der Waals surface area contributed by atoms with Gasteiger partial charge in [-0.05, 0) is 38.6 Å². The summed E-state index contributed by atoms with van der Waals surface area (Å²) in [6, 6.07) is 7.27. The van der Waals surface area contributed by atoms with Crippen LogP contribution in [0.2, 0.25) is 0 Å². The van der Waals surface area contributed by atoms with Gasteiger partial charge in [0.15, 0.2) is 0 Å². The quantitative estimate of drug-likeness (QED) is 0.681. The molecule has 1 aromatic carbocycles. The Morgan fingerprint density at radius 2 is 1.77 bits per heavy atom. The largest absolute Gasteiger partial charge is 0.491 e. The van der Waals surface area contributed by atoms with Crippen LogP contribution in [0.4, 0.5) is 0 Å². The van der Waals surface area contributed by atoms with Crippen molar-refractivity contribution in [3.05, 3.63) is 29.8 Å². The molecular weight excluding hydrogens is 304 g/mol. The van der Waals surface area contributed by atoms with Crippen LogP contribution in [0.5, 0.6) is 5.75 Å². The topological polar surface area (TPSA) is 70.6 Å². The minimum absolute atomic E-state index is 0. The Labute approximate surface area is 138 Å². The van der Waals surface area contributed by atoms with Gasteiger partial charge in [-0.25, -0.2) is 0 Å². The number of benzene rings is 1. The SMILES string of the molecule is CNCC(C)C(=O)NCC(O)c1ccc(OC(C)C)cc1.Cl. The van der Waals surface area contributed by atoms with Crippen molar-refractivity contribution >= 4 is 18.3 Å². The second kappa shape index (κ2) is 10.4. The van der Waals surface area contributed by atoms with E-state index in [1.54, 1.807) is 7.05 Å². The first kappa shape index (κ1) is 20.7. The molecule has 0 saturated heterocycles. The predicted octanol–water partition coefficient (Wildman–Crippen LogP) is 1.90. The minimum Gasteiger partial charge on any atom is -0.491 e. The number of carbonyl (C=O) groups is 1. The molecule has 0 aliphatic heterocycles. The third-order valence-electron chi connectivity index (χ3n) is 3.06. The van der Waals surface area contributed by atoms with Crippen molar-refractivity contribution in [1.82, 2.24) is 10.6 Å². The maximum Gasteiger partial charge on any atom is 0.224 e. The van der Waals surface area contributed by atoms with Crippen molar-refractivity contribution < 1.29 is 14.6 Å². The molecule has 0 heterocycles. The molecule has 0 saturated carbocycles. The molecule has 22 heavy (non-hydrogen) atoms. The standard InChI is InChI=1S/C16H26N2O3.ClH/c1-11(2)21-14-7-5-13(6-8-14)15(19)10-18-16(20)12(3)9-17-4;/h5-8,11-12,15,17,19H,9-10H2,1-4H3,(H,18,20);1H. The highest BCUT2D eigenvalue weighted by molar-refractivity contribution is 5.85. The van der Waals surface area contributed by atoms with Gasteiger partial charge in [-0.15, -0.1) is 12.4 Å². The summed E-state index contributed by atoms with van der Waals surface area (Å²) in [7, 11) is 1.80. The van der Waals surface area contributed by atoms with Crippen LogP contribution in [-0.4, -0.2) is 37.3 Å². The summed E-state index contributed by atoms with van der Waals surface area (Å²) in [5.74, 6) is 0.583. The fraction of sp³-hybridized carbons (Fsp3) is 0.562. The smallest absolute Gasteiger partial charge is 0.224 e. The van der Waals surface area contributed by atoms with Crippen LogP contribution >= 0.6 is 12.4 Å². The maximum atomic E-state index is 11.8. The van der Waals surface area contributed by atoms with Crippen molar-refractivity contribution in [2.24, 2.45) is 5.92 Å². The first-order valence-electron chi connectivity index (χ1n) is 7.31. The lowest BCUT2D eigenvalue weighted by atomic mass is 10.1. The van der Waals surface area contributed by atoms with Gasteiger partial charge in [0.05, 0.1) is 12.2 Å². The normalized spacial score (nSPS) is 13.2. The number of aliphatic hydroxyl groups is 1. The number of halogens is 1. The molecule has 2 atom stereocenters. The Morgan fingerprint density at radius 3 is 2.27 bits per heavy atom. The van der Waals surface area contributed by atoms with E-state index in [2.05, 4.69) is 10.6 Å². The molecule has 0 aliphatic rings. The fourth-order valence-electron chi connectivity index (χ4n) is 1.93. The molecule has 0 radical (unpaired) electrons. The van der Waals surface area contributed by atoms with Crippen molar-refractivity contribution in [2.75, 3.05) is 20.1 Å². The molecule has 2 unspecified atom stereocenters. The molecule has 3 N–H and O–H groups in total. The van der Waals surface area contributed by atoms with Crippen molar-refractivity contribution in [3.8, 4) is 5.75 Å². The van der Waals surface area contributed by atoms with Crippen LogP contribution in [0.25, 0.3) is 0 Å². The summed E-state index contributed by atoms with van der Waals surface area (Å²) in [4.78, 5) is 11.8. The van der Waals surface area contributed by atoms with Crippen molar-refractivity contribution in [1.29, 1.82) is 0 Å². The lowest BCUT2D eigenvalue weighted by Gasteiger charge is -2.16. The molecule has 126 valence electrons. The molecule has 0 spiro atoms. The van der Waals surface area contributed by atoms with Gasteiger partial charge in [0.1, 0.15) is 5.75 Å². The number of amides is 1. The number of nitrogens with one attached hydrogen (secondary N) is 2. The van der Waals surface area contributed by atoms with E-state index in [1.807, 2.05) is 45.0 Å². The van der Waals surface area contributed by atoms with E-state index in [0.29, 0.717) is 6.54 Å². The van der Waals surface area contributed by atoms with E-state index in [-0.39, 0.29) is 36.9 Å². The first-order chi connectivity index (χ1) is 9.93. The van der Waals surface area contributed by atoms with Gasteiger partial charge in [-0.1, -0.05) is 19.1 Å². The lowest BCUT2D eigenvalue weighted by Crippen LogP contribution is -2.36. The molecule has 6 heteroatoms. The van der Waals surface area contributed by atoms with Gasteiger partial charge in [-0.2, -0.15) is 0 Å². The predicted molar refractivity (Wildman–Crippen MR) is 90.5 cm³/mol. The summed E-state index contributed by atoms with van der Waals surface area (Å²) in [5, 5.41) is 15.8. The van der Waals surface area contributed by atoms with Gasteiger partial charge < -0.3 is 20.5 Å². The summed E-state index contributed by atoms with van der Waals surface area (Å²) in [6.07, 6.45) is -0.599. The molecular formula is C16H27ClN2O3. The van der Waals surface area contributed by atoms with Crippen molar-refractivity contribution in [2.45, 2.75) is 33.0 Å². The van der Waals surface area contributed by atoms with E-state index < -0.39 is 6.10 Å². The highest BCUT2D eigenvalue weighted by Gasteiger charge is 2.14. The minimum atomic E-state index is -0.719. The molecule has 0 bridgehead atoms. The highest BCUT2D eigenvalue weighted by atomic mass is 35.5. The van der Waals surface area contributed by atoms with Gasteiger partial charge >= 0.3 is 0 Å². The Morgan fingerprint density at radius 1 is 1.18 bits per heavy atom. The average Bonchev–Trinajstić information content (AvgIpc) is 2.44.